The number of hydrogen-bond acceptors (Lipinski definition) is 3. The Morgan fingerprint density at radius 1 is 1.62 bits per heavy atom. The molecule has 0 bridgehead atoms. The van der Waals surface area contributed by atoms with E-state index in [4.69, 9.17) is 0 Å². The third-order valence-electron chi connectivity index (χ3n) is 2.22. The summed E-state index contributed by atoms with van der Waals surface area (Å²) in [5, 5.41) is 3.42. The predicted molar refractivity (Wildman–Crippen MR) is 52.2 cm³/mol. The van der Waals surface area contributed by atoms with Crippen LogP contribution in [0.5, 0.6) is 0 Å². The van der Waals surface area contributed by atoms with Crippen LogP contribution in [0.15, 0.2) is 21.7 Å². The molecule has 13 heavy (non-hydrogen) atoms. The molecule has 0 radical (unpaired) electrons. The van der Waals surface area contributed by atoms with Gasteiger partial charge in [0.15, 0.2) is 0 Å². The smallest absolute Gasteiger partial charge is 0.208 e. The van der Waals surface area contributed by atoms with Crippen molar-refractivity contribution in [2.75, 3.05) is 0 Å². The molecule has 5 heteroatoms. The summed E-state index contributed by atoms with van der Waals surface area (Å²) in [6.07, 6.45) is 0.962. The van der Waals surface area contributed by atoms with Gasteiger partial charge in [-0.25, -0.2) is 13.1 Å². The van der Waals surface area contributed by atoms with Crippen molar-refractivity contribution in [3.8, 4) is 0 Å². The van der Waals surface area contributed by atoms with E-state index in [-0.39, 0.29) is 6.04 Å². The zero-order chi connectivity index (χ0) is 9.47. The lowest BCUT2D eigenvalue weighted by Gasteiger charge is -2.02. The Kier molecular flexibility index (Phi) is 2.17. The van der Waals surface area contributed by atoms with Gasteiger partial charge in [0.05, 0.1) is 4.90 Å². The molecule has 1 saturated carbocycles. The number of rotatable bonds is 3. The van der Waals surface area contributed by atoms with Crippen LogP contribution in [0.4, 0.5) is 0 Å². The van der Waals surface area contributed by atoms with Crippen LogP contribution in [0.2, 0.25) is 0 Å². The van der Waals surface area contributed by atoms with Gasteiger partial charge in [-0.3, -0.25) is 0 Å². The van der Waals surface area contributed by atoms with Crippen LogP contribution in [0.1, 0.15) is 13.3 Å². The van der Waals surface area contributed by atoms with E-state index in [1.54, 1.807) is 16.8 Å². The minimum Gasteiger partial charge on any atom is -0.208 e. The fraction of sp³-hybridized carbons (Fsp3) is 0.500. The molecule has 1 heterocycles. The highest BCUT2D eigenvalue weighted by atomic mass is 32.2. The lowest BCUT2D eigenvalue weighted by molar-refractivity contribution is 0.579. The highest BCUT2D eigenvalue weighted by molar-refractivity contribution is 7.89. The summed E-state index contributed by atoms with van der Waals surface area (Å²) >= 11 is 1.40. The van der Waals surface area contributed by atoms with Gasteiger partial charge in [0.2, 0.25) is 10.0 Å². The first-order valence-electron chi connectivity index (χ1n) is 4.14. The van der Waals surface area contributed by atoms with Gasteiger partial charge in [0, 0.05) is 11.4 Å². The fourth-order valence-electron chi connectivity index (χ4n) is 1.16. The van der Waals surface area contributed by atoms with E-state index in [1.807, 2.05) is 6.92 Å². The molecule has 1 N–H and O–H groups in total. The van der Waals surface area contributed by atoms with E-state index in [9.17, 15) is 8.42 Å². The molecule has 2 rings (SSSR count). The SMILES string of the molecule is C[C@@H]1C[C@H]1NS(=O)(=O)c1ccsc1. The zero-order valence-corrected chi connectivity index (χ0v) is 8.86. The van der Waals surface area contributed by atoms with Crippen molar-refractivity contribution in [2.24, 2.45) is 5.92 Å². The lowest BCUT2D eigenvalue weighted by atomic mass is 10.5. The molecule has 1 aliphatic rings. The van der Waals surface area contributed by atoms with Crippen molar-refractivity contribution in [1.82, 2.24) is 4.72 Å². The second-order valence-electron chi connectivity index (χ2n) is 3.40. The second-order valence-corrected chi connectivity index (χ2v) is 5.89. The summed E-state index contributed by atoms with van der Waals surface area (Å²) in [4.78, 5) is 0.386. The molecule has 2 atom stereocenters. The predicted octanol–water partition coefficient (Wildman–Crippen LogP) is 1.43. The fourth-order valence-corrected chi connectivity index (χ4v) is 3.54. The van der Waals surface area contributed by atoms with Crippen molar-refractivity contribution in [2.45, 2.75) is 24.3 Å². The normalized spacial score (nSPS) is 27.5. The van der Waals surface area contributed by atoms with Gasteiger partial charge < -0.3 is 0 Å². The van der Waals surface area contributed by atoms with Gasteiger partial charge in [0.25, 0.3) is 0 Å². The van der Waals surface area contributed by atoms with Crippen LogP contribution in [-0.4, -0.2) is 14.5 Å². The Labute approximate surface area is 81.8 Å². The minimum atomic E-state index is -3.23. The summed E-state index contributed by atoms with van der Waals surface area (Å²) in [5.41, 5.74) is 0. The van der Waals surface area contributed by atoms with E-state index in [0.29, 0.717) is 10.8 Å². The molecular weight excluding hydrogens is 206 g/mol. The van der Waals surface area contributed by atoms with E-state index >= 15 is 0 Å². The van der Waals surface area contributed by atoms with Crippen LogP contribution in [-0.2, 0) is 10.0 Å². The molecule has 0 spiro atoms. The van der Waals surface area contributed by atoms with Gasteiger partial charge in [-0.05, 0) is 23.8 Å². The Bertz CT molecular complexity index is 382. The van der Waals surface area contributed by atoms with E-state index in [2.05, 4.69) is 4.72 Å². The van der Waals surface area contributed by atoms with Gasteiger partial charge >= 0.3 is 0 Å². The Morgan fingerprint density at radius 3 is 2.77 bits per heavy atom. The summed E-state index contributed by atoms with van der Waals surface area (Å²) in [6, 6.07) is 1.78. The topological polar surface area (TPSA) is 46.2 Å². The first-order chi connectivity index (χ1) is 6.09. The van der Waals surface area contributed by atoms with Crippen molar-refractivity contribution in [1.29, 1.82) is 0 Å². The highest BCUT2D eigenvalue weighted by Gasteiger charge is 2.36. The molecule has 0 aromatic carbocycles. The Balaban J connectivity index is 2.13. The number of thiophene rings is 1. The van der Waals surface area contributed by atoms with Gasteiger partial charge in [-0.2, -0.15) is 11.3 Å². The molecule has 72 valence electrons. The van der Waals surface area contributed by atoms with Crippen molar-refractivity contribution in [3.05, 3.63) is 16.8 Å². The maximum absolute atomic E-state index is 11.6. The quantitative estimate of drug-likeness (QED) is 0.832. The number of sulfonamides is 1. The van der Waals surface area contributed by atoms with Crippen LogP contribution in [0.25, 0.3) is 0 Å². The molecule has 0 saturated heterocycles. The van der Waals surface area contributed by atoms with Gasteiger partial charge in [-0.15, -0.1) is 0 Å². The standard InChI is InChI=1S/C8H11NO2S2/c1-6-4-8(6)9-13(10,11)7-2-3-12-5-7/h2-3,5-6,8-9H,4H2,1H3/t6-,8-/m1/s1. The highest BCUT2D eigenvalue weighted by Crippen LogP contribution is 2.30. The van der Waals surface area contributed by atoms with E-state index in [1.165, 1.54) is 11.3 Å². The molecule has 0 aliphatic heterocycles. The number of hydrogen-bond donors (Lipinski definition) is 1. The Morgan fingerprint density at radius 2 is 2.31 bits per heavy atom. The molecule has 0 amide bonds. The molecule has 1 fully saturated rings. The zero-order valence-electron chi connectivity index (χ0n) is 7.23. The van der Waals surface area contributed by atoms with E-state index < -0.39 is 10.0 Å². The van der Waals surface area contributed by atoms with Crippen molar-refractivity contribution in [3.63, 3.8) is 0 Å². The maximum Gasteiger partial charge on any atom is 0.241 e. The average molecular weight is 217 g/mol. The van der Waals surface area contributed by atoms with Gasteiger partial charge in [-0.1, -0.05) is 6.92 Å². The second kappa shape index (κ2) is 3.08. The molecule has 1 aromatic rings. The maximum atomic E-state index is 11.6. The van der Waals surface area contributed by atoms with Gasteiger partial charge in [0.1, 0.15) is 0 Å². The molecule has 1 aliphatic carbocycles. The van der Waals surface area contributed by atoms with Crippen LogP contribution < -0.4 is 4.72 Å². The number of nitrogens with one attached hydrogen (secondary N) is 1. The van der Waals surface area contributed by atoms with Crippen LogP contribution in [0, 0.1) is 5.92 Å². The Hall–Kier alpha value is -0.390. The van der Waals surface area contributed by atoms with Crippen molar-refractivity contribution >= 4 is 21.4 Å². The largest absolute Gasteiger partial charge is 0.241 e. The molecule has 1 aromatic heterocycles. The summed E-state index contributed by atoms with van der Waals surface area (Å²) in [5.74, 6) is 0.494. The monoisotopic (exact) mass is 217 g/mol. The lowest BCUT2D eigenvalue weighted by Crippen LogP contribution is -2.26. The molecule has 3 nitrogen and oxygen atoms in total. The summed E-state index contributed by atoms with van der Waals surface area (Å²) in [7, 11) is -3.23. The van der Waals surface area contributed by atoms with Crippen LogP contribution in [0.3, 0.4) is 0 Å². The summed E-state index contributed by atoms with van der Waals surface area (Å²) < 4.78 is 25.8. The average Bonchev–Trinajstić information content (AvgIpc) is 2.56. The minimum absolute atomic E-state index is 0.157. The van der Waals surface area contributed by atoms with Crippen molar-refractivity contribution < 1.29 is 8.42 Å². The van der Waals surface area contributed by atoms with E-state index in [0.717, 1.165) is 6.42 Å². The third-order valence-corrected chi connectivity index (χ3v) is 4.54. The first kappa shape index (κ1) is 9.18. The van der Waals surface area contributed by atoms with Crippen LogP contribution >= 0.6 is 11.3 Å². The third kappa shape index (κ3) is 1.92. The summed E-state index contributed by atoms with van der Waals surface area (Å²) in [6.45, 7) is 2.04. The molecule has 0 unspecified atom stereocenters. The molecular formula is C8H11NO2S2. The first-order valence-corrected chi connectivity index (χ1v) is 6.57.